The molecule has 2 rings (SSSR count). The molecule has 94 valence electrons. The average molecular weight is 307 g/mol. The van der Waals surface area contributed by atoms with Gasteiger partial charge in [0.15, 0.2) is 0 Å². The summed E-state index contributed by atoms with van der Waals surface area (Å²) in [6.45, 7) is 2.12. The zero-order valence-electron chi connectivity index (χ0n) is 10.5. The molecule has 4 heteroatoms. The smallest absolute Gasteiger partial charge is 0.130 e. The molecule has 1 heterocycles. The molecule has 0 saturated heterocycles. The summed E-state index contributed by atoms with van der Waals surface area (Å²) in [5.74, 6) is 1.70. The van der Waals surface area contributed by atoms with E-state index < -0.39 is 0 Å². The second kappa shape index (κ2) is 5.96. The molecule has 0 spiro atoms. The van der Waals surface area contributed by atoms with Gasteiger partial charge in [0.05, 0.1) is 12.8 Å². The van der Waals surface area contributed by atoms with Crippen molar-refractivity contribution in [3.8, 4) is 17.0 Å². The first kappa shape index (κ1) is 13.0. The van der Waals surface area contributed by atoms with Crippen LogP contribution in [0.1, 0.15) is 19.2 Å². The van der Waals surface area contributed by atoms with Gasteiger partial charge in [-0.2, -0.15) is 0 Å². The lowest BCUT2D eigenvalue weighted by Crippen LogP contribution is -1.97. The normalized spacial score (nSPS) is 10.4. The Bertz CT molecular complexity index is 543. The number of aromatic nitrogens is 2. The fourth-order valence-corrected chi connectivity index (χ4v) is 2.15. The monoisotopic (exact) mass is 306 g/mol. The van der Waals surface area contributed by atoms with E-state index in [-0.39, 0.29) is 0 Å². The van der Waals surface area contributed by atoms with Gasteiger partial charge < -0.3 is 4.74 Å². The Labute approximate surface area is 115 Å². The summed E-state index contributed by atoms with van der Waals surface area (Å²) < 4.78 is 6.05. The van der Waals surface area contributed by atoms with E-state index >= 15 is 0 Å². The van der Waals surface area contributed by atoms with E-state index in [1.807, 2.05) is 30.3 Å². The Balaban J connectivity index is 2.42. The lowest BCUT2D eigenvalue weighted by molar-refractivity contribution is 0.415. The third-order valence-electron chi connectivity index (χ3n) is 2.58. The fraction of sp³-hybridized carbons (Fsp3) is 0.286. The highest BCUT2D eigenvalue weighted by atomic mass is 79.9. The molecule has 3 nitrogen and oxygen atoms in total. The van der Waals surface area contributed by atoms with Gasteiger partial charge in [0, 0.05) is 12.0 Å². The van der Waals surface area contributed by atoms with Gasteiger partial charge in [-0.25, -0.2) is 9.97 Å². The predicted molar refractivity (Wildman–Crippen MR) is 75.7 cm³/mol. The molecular formula is C14H15BrN2O. The molecule has 1 aromatic heterocycles. The van der Waals surface area contributed by atoms with E-state index in [9.17, 15) is 0 Å². The van der Waals surface area contributed by atoms with Gasteiger partial charge in [-0.15, -0.1) is 0 Å². The van der Waals surface area contributed by atoms with Crippen LogP contribution in [0.15, 0.2) is 34.9 Å². The maximum Gasteiger partial charge on any atom is 0.130 e. The number of aryl methyl sites for hydroxylation is 1. The molecule has 0 bridgehead atoms. The van der Waals surface area contributed by atoms with Crippen LogP contribution in [-0.2, 0) is 6.42 Å². The molecule has 18 heavy (non-hydrogen) atoms. The van der Waals surface area contributed by atoms with E-state index in [4.69, 9.17) is 4.74 Å². The maximum absolute atomic E-state index is 5.23. The maximum atomic E-state index is 5.23. The van der Waals surface area contributed by atoms with Crippen LogP contribution in [0, 0.1) is 0 Å². The van der Waals surface area contributed by atoms with Gasteiger partial charge in [0.2, 0.25) is 0 Å². The lowest BCUT2D eigenvalue weighted by Gasteiger charge is -2.06. The van der Waals surface area contributed by atoms with Crippen LogP contribution in [-0.4, -0.2) is 17.1 Å². The quantitative estimate of drug-likeness (QED) is 0.804. The second-order valence-electron chi connectivity index (χ2n) is 3.97. The van der Waals surface area contributed by atoms with Gasteiger partial charge in [-0.05, 0) is 40.5 Å². The first-order chi connectivity index (χ1) is 8.72. The molecule has 0 N–H and O–H groups in total. The van der Waals surface area contributed by atoms with Crippen LogP contribution >= 0.6 is 15.9 Å². The Morgan fingerprint density at radius 3 is 2.78 bits per heavy atom. The van der Waals surface area contributed by atoms with Crippen molar-refractivity contribution in [2.75, 3.05) is 7.11 Å². The van der Waals surface area contributed by atoms with Crippen molar-refractivity contribution in [2.45, 2.75) is 19.8 Å². The van der Waals surface area contributed by atoms with E-state index in [0.717, 1.165) is 40.3 Å². The molecule has 0 radical (unpaired) electrons. The van der Waals surface area contributed by atoms with Gasteiger partial charge in [-0.1, -0.05) is 19.1 Å². The minimum atomic E-state index is 0.818. The predicted octanol–water partition coefficient (Wildman–Crippen LogP) is 3.87. The van der Waals surface area contributed by atoms with Crippen molar-refractivity contribution in [1.82, 2.24) is 9.97 Å². The molecule has 0 aliphatic carbocycles. The minimum Gasteiger partial charge on any atom is -0.497 e. The molecule has 0 aliphatic heterocycles. The molecule has 1 aromatic carbocycles. The molecule has 0 atom stereocenters. The van der Waals surface area contributed by atoms with Crippen molar-refractivity contribution in [3.63, 3.8) is 0 Å². The van der Waals surface area contributed by atoms with Crippen molar-refractivity contribution in [3.05, 3.63) is 40.8 Å². The summed E-state index contributed by atoms with van der Waals surface area (Å²) in [5, 5.41) is 0. The van der Waals surface area contributed by atoms with Crippen molar-refractivity contribution >= 4 is 15.9 Å². The Kier molecular flexibility index (Phi) is 4.31. The first-order valence-corrected chi connectivity index (χ1v) is 6.70. The van der Waals surface area contributed by atoms with Gasteiger partial charge in [0.25, 0.3) is 0 Å². The number of nitrogens with zero attached hydrogens (tertiary/aromatic N) is 2. The summed E-state index contributed by atoms with van der Waals surface area (Å²) in [6.07, 6.45) is 1.92. The molecule has 0 amide bonds. The summed E-state index contributed by atoms with van der Waals surface area (Å²) in [4.78, 5) is 8.94. The molecule has 0 saturated carbocycles. The Hall–Kier alpha value is -1.42. The molecule has 2 aromatic rings. The number of benzene rings is 1. The SMILES string of the molecule is CCCc1nc(Br)cc(-c2cccc(OC)c2)n1. The third-order valence-corrected chi connectivity index (χ3v) is 2.99. The fourth-order valence-electron chi connectivity index (χ4n) is 1.73. The summed E-state index contributed by atoms with van der Waals surface area (Å²) in [6, 6.07) is 9.81. The zero-order valence-corrected chi connectivity index (χ0v) is 12.1. The first-order valence-electron chi connectivity index (χ1n) is 5.91. The third kappa shape index (κ3) is 3.07. The minimum absolute atomic E-state index is 0.818. The van der Waals surface area contributed by atoms with Crippen LogP contribution in [0.2, 0.25) is 0 Å². The molecule has 0 fully saturated rings. The molecule has 0 unspecified atom stereocenters. The summed E-state index contributed by atoms with van der Waals surface area (Å²) >= 11 is 3.43. The number of rotatable bonds is 4. The number of methoxy groups -OCH3 is 1. The highest BCUT2D eigenvalue weighted by Crippen LogP contribution is 2.24. The highest BCUT2D eigenvalue weighted by molar-refractivity contribution is 9.10. The van der Waals surface area contributed by atoms with Crippen molar-refractivity contribution in [1.29, 1.82) is 0 Å². The van der Waals surface area contributed by atoms with E-state index in [2.05, 4.69) is 32.8 Å². The summed E-state index contributed by atoms with van der Waals surface area (Å²) in [7, 11) is 1.66. The highest BCUT2D eigenvalue weighted by Gasteiger charge is 2.06. The van der Waals surface area contributed by atoms with Crippen LogP contribution in [0.5, 0.6) is 5.75 Å². The van der Waals surface area contributed by atoms with Gasteiger partial charge in [0.1, 0.15) is 16.2 Å². The Morgan fingerprint density at radius 1 is 1.22 bits per heavy atom. The lowest BCUT2D eigenvalue weighted by atomic mass is 10.1. The van der Waals surface area contributed by atoms with Gasteiger partial charge >= 0.3 is 0 Å². The van der Waals surface area contributed by atoms with Crippen molar-refractivity contribution in [2.24, 2.45) is 0 Å². The summed E-state index contributed by atoms with van der Waals surface area (Å²) in [5.41, 5.74) is 1.95. The standard InChI is InChI=1S/C14H15BrN2O/c1-3-5-14-16-12(9-13(15)17-14)10-6-4-7-11(8-10)18-2/h4,6-9H,3,5H2,1-2H3. The molecule has 0 aliphatic rings. The van der Waals surface area contributed by atoms with Crippen LogP contribution < -0.4 is 4.74 Å². The number of hydrogen-bond donors (Lipinski definition) is 0. The van der Waals surface area contributed by atoms with Crippen LogP contribution in [0.4, 0.5) is 0 Å². The zero-order chi connectivity index (χ0) is 13.0. The number of hydrogen-bond acceptors (Lipinski definition) is 3. The van der Waals surface area contributed by atoms with E-state index in [0.29, 0.717) is 0 Å². The number of ether oxygens (including phenoxy) is 1. The van der Waals surface area contributed by atoms with Crippen LogP contribution in [0.25, 0.3) is 11.3 Å². The molecular weight excluding hydrogens is 292 g/mol. The van der Waals surface area contributed by atoms with Gasteiger partial charge in [-0.3, -0.25) is 0 Å². The van der Waals surface area contributed by atoms with Crippen molar-refractivity contribution < 1.29 is 4.74 Å². The Morgan fingerprint density at radius 2 is 2.06 bits per heavy atom. The van der Waals surface area contributed by atoms with Crippen LogP contribution in [0.3, 0.4) is 0 Å². The second-order valence-corrected chi connectivity index (χ2v) is 4.79. The largest absolute Gasteiger partial charge is 0.497 e. The average Bonchev–Trinajstić information content (AvgIpc) is 2.38. The topological polar surface area (TPSA) is 35.0 Å². The number of halogens is 1. The van der Waals surface area contributed by atoms with E-state index in [1.165, 1.54) is 0 Å². The van der Waals surface area contributed by atoms with E-state index in [1.54, 1.807) is 7.11 Å².